The number of amides is 5. The molecule has 0 unspecified atom stereocenters. The lowest BCUT2D eigenvalue weighted by molar-refractivity contribution is -0.157. The third kappa shape index (κ3) is 7.97. The average Bonchev–Trinajstić information content (AvgIpc) is 3.73. The number of nitrogens with zero attached hydrogens (tertiary/aromatic N) is 5. The fraction of sp³-hybridized carbons (Fsp3) is 0.225. The smallest absolute Gasteiger partial charge is 0.411 e. The molecule has 0 aliphatic carbocycles. The number of aromatic nitrogens is 1. The lowest BCUT2D eigenvalue weighted by Crippen LogP contribution is -2.66. The molecule has 13 nitrogen and oxygen atoms in total. The number of anilines is 2. The maximum atomic E-state index is 14.4. The first-order valence-corrected chi connectivity index (χ1v) is 18.2. The topological polar surface area (TPSA) is 153 Å². The van der Waals surface area contributed by atoms with Crippen LogP contribution in [0.5, 0.6) is 0 Å². The maximum absolute atomic E-state index is 14.4. The highest BCUT2D eigenvalue weighted by Crippen LogP contribution is 2.32. The summed E-state index contributed by atoms with van der Waals surface area (Å²) in [6.07, 6.45) is 4.66. The van der Waals surface area contributed by atoms with Gasteiger partial charge in [-0.2, -0.15) is 5.01 Å². The molecular formula is C40H38N8O5S. The number of para-hydroxylation sites is 1. The first-order chi connectivity index (χ1) is 26.3. The number of hydrogen-bond donors (Lipinski definition) is 3. The summed E-state index contributed by atoms with van der Waals surface area (Å²) in [6, 6.07) is 30.3. The van der Waals surface area contributed by atoms with Crippen LogP contribution in [-0.4, -0.2) is 80.6 Å². The van der Waals surface area contributed by atoms with Crippen molar-refractivity contribution in [2.24, 2.45) is 0 Å². The van der Waals surface area contributed by atoms with Gasteiger partial charge in [0.15, 0.2) is 5.13 Å². The second-order valence-electron chi connectivity index (χ2n) is 12.9. The van der Waals surface area contributed by atoms with Crippen molar-refractivity contribution in [3.8, 4) is 12.3 Å². The predicted molar refractivity (Wildman–Crippen MR) is 205 cm³/mol. The van der Waals surface area contributed by atoms with Gasteiger partial charge in [-0.15, -0.1) is 6.42 Å². The summed E-state index contributed by atoms with van der Waals surface area (Å²) in [4.78, 5) is 62.2. The Balaban J connectivity index is 1.12. The standard InChI is InChI=1S/C40H38N8O5S/c1-2-20-46(39(51)42-22-28-10-5-3-6-11-28)47-25-35(49)48-32(21-27-16-18-31(19-17-27)43-40(52)53-26-29-12-7-4-8-13-29)37(50)45(24-34(47)48)23-30-14-9-15-33-36(30)44-38(41)54-33/h1,3-19,32,34H,20-26H2,(H2,41,44)(H,42,51)(H,43,52)/t32-,34+/m0/s1. The minimum Gasteiger partial charge on any atom is -0.444 e. The highest BCUT2D eigenvalue weighted by molar-refractivity contribution is 7.22. The van der Waals surface area contributed by atoms with E-state index in [9.17, 15) is 19.2 Å². The lowest BCUT2D eigenvalue weighted by atomic mass is 9.99. The molecule has 0 radical (unpaired) electrons. The molecule has 2 aliphatic rings. The zero-order valence-corrected chi connectivity index (χ0v) is 30.1. The summed E-state index contributed by atoms with van der Waals surface area (Å²) in [7, 11) is 0. The fourth-order valence-corrected chi connectivity index (χ4v) is 7.58. The van der Waals surface area contributed by atoms with Gasteiger partial charge in [0.05, 0.1) is 29.9 Å². The third-order valence-electron chi connectivity index (χ3n) is 9.36. The number of urea groups is 1. The third-order valence-corrected chi connectivity index (χ3v) is 10.2. The van der Waals surface area contributed by atoms with Crippen molar-refractivity contribution in [3.63, 3.8) is 0 Å². The molecule has 2 fully saturated rings. The first kappa shape index (κ1) is 36.0. The second-order valence-corrected chi connectivity index (χ2v) is 14.0. The van der Waals surface area contributed by atoms with Crippen LogP contribution in [0.1, 0.15) is 22.3 Å². The van der Waals surface area contributed by atoms with Crippen molar-refractivity contribution in [3.05, 3.63) is 125 Å². The number of terminal acetylenes is 1. The largest absolute Gasteiger partial charge is 0.444 e. The Morgan fingerprint density at radius 2 is 1.67 bits per heavy atom. The van der Waals surface area contributed by atoms with Crippen LogP contribution in [0, 0.1) is 12.3 Å². The molecule has 2 atom stereocenters. The van der Waals surface area contributed by atoms with Crippen molar-refractivity contribution in [1.82, 2.24) is 30.1 Å². The molecule has 14 heteroatoms. The van der Waals surface area contributed by atoms with E-state index in [1.54, 1.807) is 39.1 Å². The van der Waals surface area contributed by atoms with E-state index < -0.39 is 24.3 Å². The van der Waals surface area contributed by atoms with Crippen molar-refractivity contribution < 1.29 is 23.9 Å². The van der Waals surface area contributed by atoms with Gasteiger partial charge >= 0.3 is 12.1 Å². The van der Waals surface area contributed by atoms with Gasteiger partial charge in [0, 0.05) is 25.2 Å². The number of piperazine rings is 1. The van der Waals surface area contributed by atoms with Crippen molar-refractivity contribution in [2.75, 3.05) is 30.7 Å². The molecule has 4 N–H and O–H groups in total. The zero-order valence-electron chi connectivity index (χ0n) is 29.3. The highest BCUT2D eigenvalue weighted by atomic mass is 32.1. The summed E-state index contributed by atoms with van der Waals surface area (Å²) < 4.78 is 6.24. The molecule has 0 bridgehead atoms. The fourth-order valence-electron chi connectivity index (χ4n) is 6.80. The molecule has 2 aliphatic heterocycles. The Bertz CT molecular complexity index is 2190. The van der Waals surface area contributed by atoms with Gasteiger partial charge in [-0.25, -0.2) is 19.6 Å². The molecule has 7 rings (SSSR count). The van der Waals surface area contributed by atoms with E-state index in [2.05, 4.69) is 21.5 Å². The van der Waals surface area contributed by atoms with Crippen LogP contribution in [0.15, 0.2) is 103 Å². The van der Waals surface area contributed by atoms with Crippen LogP contribution in [0.25, 0.3) is 10.2 Å². The summed E-state index contributed by atoms with van der Waals surface area (Å²) >= 11 is 1.37. The van der Waals surface area contributed by atoms with Gasteiger partial charge in [-0.05, 0) is 40.5 Å². The van der Waals surface area contributed by atoms with Crippen LogP contribution in [0.3, 0.4) is 0 Å². The Hall–Kier alpha value is -6.43. The van der Waals surface area contributed by atoms with Gasteiger partial charge in [0.1, 0.15) is 18.8 Å². The Labute approximate surface area is 316 Å². The van der Waals surface area contributed by atoms with Gasteiger partial charge in [-0.1, -0.05) is 102 Å². The number of carbonyl (C=O) groups is 4. The van der Waals surface area contributed by atoms with Crippen molar-refractivity contribution in [1.29, 1.82) is 0 Å². The molecular weight excluding hydrogens is 705 g/mol. The molecule has 274 valence electrons. The van der Waals surface area contributed by atoms with E-state index >= 15 is 0 Å². The van der Waals surface area contributed by atoms with Crippen LogP contribution >= 0.6 is 11.3 Å². The molecule has 5 amide bonds. The number of nitrogens with one attached hydrogen (secondary N) is 2. The van der Waals surface area contributed by atoms with E-state index in [0.717, 1.165) is 27.0 Å². The molecule has 1 aromatic heterocycles. The number of carbonyl (C=O) groups excluding carboxylic acids is 4. The SMILES string of the molecule is C#CCN(C(=O)NCc1ccccc1)N1CC(=O)N2[C@@H](Cc3ccc(NC(=O)OCc4ccccc4)cc3)C(=O)N(Cc3cccc4sc(N)nc34)C[C@@H]21. The van der Waals surface area contributed by atoms with Crippen molar-refractivity contribution >= 4 is 56.3 Å². The van der Waals surface area contributed by atoms with E-state index in [0.29, 0.717) is 16.3 Å². The average molecular weight is 743 g/mol. The Morgan fingerprint density at radius 3 is 2.39 bits per heavy atom. The van der Waals surface area contributed by atoms with E-state index in [-0.39, 0.29) is 57.6 Å². The quantitative estimate of drug-likeness (QED) is 0.163. The number of rotatable bonds is 11. The molecule has 5 aromatic rings. The monoisotopic (exact) mass is 742 g/mol. The van der Waals surface area contributed by atoms with E-state index in [1.807, 2.05) is 78.9 Å². The maximum Gasteiger partial charge on any atom is 0.411 e. The number of fused-ring (bicyclic) bond motifs is 2. The summed E-state index contributed by atoms with van der Waals surface area (Å²) in [5.74, 6) is 2.01. The van der Waals surface area contributed by atoms with Gasteiger partial charge < -0.3 is 25.6 Å². The van der Waals surface area contributed by atoms with Gasteiger partial charge in [0.2, 0.25) is 11.8 Å². The summed E-state index contributed by atoms with van der Waals surface area (Å²) in [5, 5.41) is 9.10. The molecule has 2 saturated heterocycles. The normalized spacial score (nSPS) is 16.9. The van der Waals surface area contributed by atoms with Crippen LogP contribution < -0.4 is 16.4 Å². The molecule has 0 spiro atoms. The minimum absolute atomic E-state index is 0.0868. The molecule has 4 aromatic carbocycles. The number of nitrogens with two attached hydrogens (primary N) is 1. The number of thiazole rings is 1. The van der Waals surface area contributed by atoms with Crippen LogP contribution in [0.4, 0.5) is 20.4 Å². The highest BCUT2D eigenvalue weighted by Gasteiger charge is 2.52. The number of hydrogen-bond acceptors (Lipinski definition) is 9. The first-order valence-electron chi connectivity index (χ1n) is 17.4. The minimum atomic E-state index is -0.893. The second kappa shape index (κ2) is 16.1. The number of hydrazine groups is 1. The number of benzene rings is 4. The van der Waals surface area contributed by atoms with E-state index in [1.165, 1.54) is 16.3 Å². The number of ether oxygens (including phenoxy) is 1. The summed E-state index contributed by atoms with van der Waals surface area (Å²) in [5.41, 5.74) is 10.6. The molecule has 0 saturated carbocycles. The van der Waals surface area contributed by atoms with E-state index in [4.69, 9.17) is 16.9 Å². The van der Waals surface area contributed by atoms with Crippen molar-refractivity contribution in [2.45, 2.75) is 38.3 Å². The Morgan fingerprint density at radius 1 is 0.944 bits per heavy atom. The van der Waals surface area contributed by atoms with Gasteiger partial charge in [-0.3, -0.25) is 14.9 Å². The molecule has 54 heavy (non-hydrogen) atoms. The number of nitrogen functional groups attached to an aromatic ring is 1. The summed E-state index contributed by atoms with van der Waals surface area (Å²) in [6.45, 7) is 0.500. The Kier molecular flexibility index (Phi) is 10.7. The van der Waals surface area contributed by atoms with Gasteiger partial charge in [0.25, 0.3) is 0 Å². The lowest BCUT2D eigenvalue weighted by Gasteiger charge is -2.46. The molecule has 3 heterocycles. The van der Waals surface area contributed by atoms with Crippen LogP contribution in [0.2, 0.25) is 0 Å². The van der Waals surface area contributed by atoms with Crippen LogP contribution in [-0.2, 0) is 40.4 Å². The predicted octanol–water partition coefficient (Wildman–Crippen LogP) is 4.81. The zero-order chi connectivity index (χ0) is 37.6.